The van der Waals surface area contributed by atoms with Gasteiger partial charge in [-0.05, 0) is 55.3 Å². The second-order valence-corrected chi connectivity index (χ2v) is 6.72. The van der Waals surface area contributed by atoms with E-state index < -0.39 is 0 Å². The maximum atomic E-state index is 12.5. The zero-order valence-corrected chi connectivity index (χ0v) is 14.7. The van der Waals surface area contributed by atoms with Crippen LogP contribution in [0.5, 0.6) is 11.5 Å². The van der Waals surface area contributed by atoms with E-state index in [9.17, 15) is 9.59 Å². The number of rotatable bonds is 3. The Morgan fingerprint density at radius 1 is 1.08 bits per heavy atom. The summed E-state index contributed by atoms with van der Waals surface area (Å²) in [5.74, 6) is 1.00. The predicted molar refractivity (Wildman–Crippen MR) is 96.7 cm³/mol. The number of nitrogens with one attached hydrogen (secondary N) is 1. The van der Waals surface area contributed by atoms with Crippen LogP contribution in [-0.2, 0) is 4.79 Å². The van der Waals surface area contributed by atoms with E-state index in [1.165, 1.54) is 5.56 Å². The van der Waals surface area contributed by atoms with Gasteiger partial charge in [-0.15, -0.1) is 0 Å². The van der Waals surface area contributed by atoms with Crippen molar-refractivity contribution in [1.82, 2.24) is 5.32 Å². The maximum Gasteiger partial charge on any atom is 0.251 e. The zero-order valence-electron chi connectivity index (χ0n) is 14.7. The van der Waals surface area contributed by atoms with Crippen LogP contribution in [-0.4, -0.2) is 31.2 Å². The average molecular weight is 352 g/mol. The largest absolute Gasteiger partial charge is 0.454 e. The molecule has 0 aromatic heterocycles. The number of hydrogen-bond acceptors (Lipinski definition) is 4. The summed E-state index contributed by atoms with van der Waals surface area (Å²) in [5, 5.41) is 2.94. The van der Waals surface area contributed by atoms with Gasteiger partial charge in [0.2, 0.25) is 12.7 Å². The monoisotopic (exact) mass is 352 g/mol. The van der Waals surface area contributed by atoms with Crippen molar-refractivity contribution < 1.29 is 19.1 Å². The van der Waals surface area contributed by atoms with Gasteiger partial charge in [0, 0.05) is 24.2 Å². The van der Waals surface area contributed by atoms with E-state index in [0.29, 0.717) is 30.0 Å². The fraction of sp³-hybridized carbons (Fsp3) is 0.300. The molecule has 1 fully saturated rings. The molecule has 0 saturated carbocycles. The van der Waals surface area contributed by atoms with Gasteiger partial charge in [0.25, 0.3) is 5.91 Å². The number of carbonyl (C=O) groups excluding carboxylic acids is 2. The molecule has 134 valence electrons. The summed E-state index contributed by atoms with van der Waals surface area (Å²) in [4.78, 5) is 26.6. The van der Waals surface area contributed by atoms with Gasteiger partial charge in [-0.25, -0.2) is 0 Å². The highest BCUT2D eigenvalue weighted by Gasteiger charge is 2.32. The third-order valence-corrected chi connectivity index (χ3v) is 4.90. The normalized spacial score (nSPS) is 18.3. The summed E-state index contributed by atoms with van der Waals surface area (Å²) < 4.78 is 10.6. The fourth-order valence-electron chi connectivity index (χ4n) is 3.25. The number of ether oxygens (including phenoxy) is 2. The van der Waals surface area contributed by atoms with Crippen LogP contribution in [0.25, 0.3) is 0 Å². The third-order valence-electron chi connectivity index (χ3n) is 4.90. The van der Waals surface area contributed by atoms with Crippen LogP contribution in [0, 0.1) is 13.8 Å². The molecule has 0 bridgehead atoms. The number of fused-ring (bicyclic) bond motifs is 1. The Labute approximate surface area is 151 Å². The second-order valence-electron chi connectivity index (χ2n) is 6.72. The van der Waals surface area contributed by atoms with E-state index in [4.69, 9.17) is 9.47 Å². The standard InChI is InChI=1S/C20H20N2O4/c1-12-3-5-16(7-13(12)2)22-10-15(9-19(22)23)21-20(24)14-4-6-17-18(8-14)26-11-25-17/h3-8,15H,9-11H2,1-2H3,(H,21,24)/t15-/m0/s1. The lowest BCUT2D eigenvalue weighted by atomic mass is 10.1. The molecular formula is C20H20N2O4. The van der Waals surface area contributed by atoms with Gasteiger partial charge in [0.1, 0.15) is 0 Å². The molecule has 2 aromatic carbocycles. The Morgan fingerprint density at radius 2 is 1.88 bits per heavy atom. The molecule has 2 aliphatic rings. The molecule has 2 aromatic rings. The van der Waals surface area contributed by atoms with Crippen LogP contribution in [0.3, 0.4) is 0 Å². The van der Waals surface area contributed by atoms with E-state index in [-0.39, 0.29) is 24.6 Å². The number of benzene rings is 2. The molecule has 6 nitrogen and oxygen atoms in total. The Kier molecular flexibility index (Phi) is 4.03. The maximum absolute atomic E-state index is 12.5. The van der Waals surface area contributed by atoms with Gasteiger partial charge in [0.05, 0.1) is 6.04 Å². The summed E-state index contributed by atoms with van der Waals surface area (Å²) in [6, 6.07) is 10.8. The van der Waals surface area contributed by atoms with Crippen molar-refractivity contribution in [3.63, 3.8) is 0 Å². The molecule has 2 aliphatic heterocycles. The van der Waals surface area contributed by atoms with E-state index in [1.54, 1.807) is 23.1 Å². The van der Waals surface area contributed by atoms with Gasteiger partial charge in [-0.2, -0.15) is 0 Å². The highest BCUT2D eigenvalue weighted by atomic mass is 16.7. The Morgan fingerprint density at radius 3 is 2.69 bits per heavy atom. The highest BCUT2D eigenvalue weighted by Crippen LogP contribution is 2.32. The molecule has 4 rings (SSSR count). The predicted octanol–water partition coefficient (Wildman–Crippen LogP) is 2.57. The van der Waals surface area contributed by atoms with Gasteiger partial charge in [-0.1, -0.05) is 6.07 Å². The quantitative estimate of drug-likeness (QED) is 0.922. The van der Waals surface area contributed by atoms with Crippen LogP contribution >= 0.6 is 0 Å². The molecule has 0 unspecified atom stereocenters. The van der Waals surface area contributed by atoms with Gasteiger partial charge in [0.15, 0.2) is 11.5 Å². The lowest BCUT2D eigenvalue weighted by molar-refractivity contribution is -0.117. The number of carbonyl (C=O) groups is 2. The number of aryl methyl sites for hydroxylation is 2. The summed E-state index contributed by atoms with van der Waals surface area (Å²) in [5.41, 5.74) is 3.69. The topological polar surface area (TPSA) is 67.9 Å². The van der Waals surface area contributed by atoms with Crippen LogP contribution in [0.1, 0.15) is 27.9 Å². The van der Waals surface area contributed by atoms with Crippen molar-refractivity contribution in [3.05, 3.63) is 53.1 Å². The van der Waals surface area contributed by atoms with Crippen LogP contribution in [0.4, 0.5) is 5.69 Å². The molecular weight excluding hydrogens is 332 g/mol. The van der Waals surface area contributed by atoms with Gasteiger partial charge < -0.3 is 19.7 Å². The smallest absolute Gasteiger partial charge is 0.251 e. The van der Waals surface area contributed by atoms with Crippen molar-refractivity contribution in [2.24, 2.45) is 0 Å². The number of amides is 2. The first kappa shape index (κ1) is 16.4. The molecule has 0 aliphatic carbocycles. The zero-order chi connectivity index (χ0) is 18.3. The first-order valence-corrected chi connectivity index (χ1v) is 8.59. The SMILES string of the molecule is Cc1ccc(N2C[C@@H](NC(=O)c3ccc4c(c3)OCO4)CC2=O)cc1C. The number of hydrogen-bond donors (Lipinski definition) is 1. The van der Waals surface area contributed by atoms with Crippen LogP contribution in [0.2, 0.25) is 0 Å². The van der Waals surface area contributed by atoms with Crippen molar-refractivity contribution in [1.29, 1.82) is 0 Å². The molecule has 1 atom stereocenters. The number of nitrogens with zero attached hydrogens (tertiary/aromatic N) is 1. The van der Waals surface area contributed by atoms with Crippen molar-refractivity contribution in [2.75, 3.05) is 18.2 Å². The fourth-order valence-corrected chi connectivity index (χ4v) is 3.25. The second kappa shape index (κ2) is 6.37. The molecule has 1 saturated heterocycles. The van der Waals surface area contributed by atoms with E-state index >= 15 is 0 Å². The molecule has 0 spiro atoms. The van der Waals surface area contributed by atoms with E-state index in [1.807, 2.05) is 32.0 Å². The van der Waals surface area contributed by atoms with E-state index in [0.717, 1.165) is 11.3 Å². The first-order valence-electron chi connectivity index (χ1n) is 8.59. The Bertz CT molecular complexity index is 893. The molecule has 0 radical (unpaired) electrons. The summed E-state index contributed by atoms with van der Waals surface area (Å²) >= 11 is 0. The third kappa shape index (κ3) is 2.98. The lowest BCUT2D eigenvalue weighted by Crippen LogP contribution is -2.37. The summed E-state index contributed by atoms with van der Waals surface area (Å²) in [6.07, 6.45) is 0.295. The Hall–Kier alpha value is -3.02. The summed E-state index contributed by atoms with van der Waals surface area (Å²) in [7, 11) is 0. The molecule has 2 amide bonds. The lowest BCUT2D eigenvalue weighted by Gasteiger charge is -2.18. The van der Waals surface area contributed by atoms with E-state index in [2.05, 4.69) is 5.32 Å². The first-order chi connectivity index (χ1) is 12.5. The minimum atomic E-state index is -0.220. The van der Waals surface area contributed by atoms with Gasteiger partial charge >= 0.3 is 0 Å². The molecule has 2 heterocycles. The Balaban J connectivity index is 1.45. The minimum absolute atomic E-state index is 0.0178. The summed E-state index contributed by atoms with van der Waals surface area (Å²) in [6.45, 7) is 4.71. The van der Waals surface area contributed by atoms with Crippen molar-refractivity contribution >= 4 is 17.5 Å². The molecule has 26 heavy (non-hydrogen) atoms. The van der Waals surface area contributed by atoms with Crippen LogP contribution < -0.4 is 19.7 Å². The van der Waals surface area contributed by atoms with Crippen molar-refractivity contribution in [2.45, 2.75) is 26.3 Å². The highest BCUT2D eigenvalue weighted by molar-refractivity contribution is 5.99. The minimum Gasteiger partial charge on any atom is -0.454 e. The van der Waals surface area contributed by atoms with Gasteiger partial charge in [-0.3, -0.25) is 9.59 Å². The van der Waals surface area contributed by atoms with Crippen molar-refractivity contribution in [3.8, 4) is 11.5 Å². The van der Waals surface area contributed by atoms with Crippen LogP contribution in [0.15, 0.2) is 36.4 Å². The number of anilines is 1. The average Bonchev–Trinajstić information content (AvgIpc) is 3.23. The molecule has 1 N–H and O–H groups in total. The molecule has 6 heteroatoms.